The largest absolute Gasteiger partial charge is 0.488 e. The van der Waals surface area contributed by atoms with Crippen molar-refractivity contribution in [3.05, 3.63) is 64.7 Å². The maximum absolute atomic E-state index is 11.1. The Balaban J connectivity index is 1.80. The summed E-state index contributed by atoms with van der Waals surface area (Å²) in [6.07, 6.45) is 2.14. The van der Waals surface area contributed by atoms with Crippen molar-refractivity contribution in [2.45, 2.75) is 45.1 Å². The number of aliphatic carboxylic acids is 1. The van der Waals surface area contributed by atoms with Gasteiger partial charge in [-0.3, -0.25) is 4.79 Å². The molecule has 0 aromatic heterocycles. The van der Waals surface area contributed by atoms with E-state index in [-0.39, 0.29) is 11.8 Å². The second-order valence-electron chi connectivity index (χ2n) is 6.56. The second kappa shape index (κ2) is 6.07. The SMILES string of the molecule is Cc1cc(C2(CC(=O)O)CC2)cc(C)c1OCc1ccccc1. The minimum atomic E-state index is -0.720. The Labute approximate surface area is 136 Å². The minimum Gasteiger partial charge on any atom is -0.488 e. The molecule has 1 aliphatic carbocycles. The average Bonchev–Trinajstić information content (AvgIpc) is 3.27. The summed E-state index contributed by atoms with van der Waals surface area (Å²) in [6, 6.07) is 14.3. The van der Waals surface area contributed by atoms with Crippen molar-refractivity contribution in [3.8, 4) is 5.75 Å². The number of benzene rings is 2. The fourth-order valence-corrected chi connectivity index (χ4v) is 3.22. The quantitative estimate of drug-likeness (QED) is 0.861. The lowest BCUT2D eigenvalue weighted by Gasteiger charge is -2.18. The summed E-state index contributed by atoms with van der Waals surface area (Å²) in [5.74, 6) is 0.186. The van der Waals surface area contributed by atoms with Crippen LogP contribution in [0.25, 0.3) is 0 Å². The number of carbonyl (C=O) groups is 1. The van der Waals surface area contributed by atoms with Crippen molar-refractivity contribution in [3.63, 3.8) is 0 Å². The third kappa shape index (κ3) is 3.39. The number of rotatable bonds is 6. The van der Waals surface area contributed by atoms with Gasteiger partial charge in [0.15, 0.2) is 0 Å². The Morgan fingerprint density at radius 2 is 1.74 bits per heavy atom. The summed E-state index contributed by atoms with van der Waals surface area (Å²) in [4.78, 5) is 11.1. The molecule has 3 nitrogen and oxygen atoms in total. The molecule has 3 rings (SSSR count). The summed E-state index contributed by atoms with van der Waals surface area (Å²) in [5.41, 5.74) is 4.28. The lowest BCUT2D eigenvalue weighted by atomic mass is 9.89. The highest BCUT2D eigenvalue weighted by Gasteiger charge is 2.46. The van der Waals surface area contributed by atoms with E-state index in [1.807, 2.05) is 44.2 Å². The Hall–Kier alpha value is -2.29. The van der Waals surface area contributed by atoms with Gasteiger partial charge in [0.1, 0.15) is 12.4 Å². The molecule has 120 valence electrons. The summed E-state index contributed by atoms with van der Waals surface area (Å²) in [6.45, 7) is 4.61. The van der Waals surface area contributed by atoms with E-state index in [0.29, 0.717) is 6.61 Å². The Morgan fingerprint density at radius 3 is 2.26 bits per heavy atom. The van der Waals surface area contributed by atoms with E-state index in [2.05, 4.69) is 12.1 Å². The molecule has 0 unspecified atom stereocenters. The highest BCUT2D eigenvalue weighted by molar-refractivity contribution is 5.70. The van der Waals surface area contributed by atoms with Crippen LogP contribution in [0.3, 0.4) is 0 Å². The van der Waals surface area contributed by atoms with Crippen molar-refractivity contribution in [2.75, 3.05) is 0 Å². The monoisotopic (exact) mass is 310 g/mol. The molecule has 0 saturated heterocycles. The molecule has 2 aromatic rings. The number of aryl methyl sites for hydroxylation is 2. The third-order valence-electron chi connectivity index (χ3n) is 4.64. The molecule has 3 heteroatoms. The van der Waals surface area contributed by atoms with Gasteiger partial charge >= 0.3 is 5.97 Å². The van der Waals surface area contributed by atoms with Gasteiger partial charge in [0.25, 0.3) is 0 Å². The summed E-state index contributed by atoms with van der Waals surface area (Å²) < 4.78 is 6.01. The highest BCUT2D eigenvalue weighted by Crippen LogP contribution is 2.52. The topological polar surface area (TPSA) is 46.5 Å². The normalized spacial score (nSPS) is 15.2. The van der Waals surface area contributed by atoms with Crippen LogP contribution >= 0.6 is 0 Å². The van der Waals surface area contributed by atoms with Gasteiger partial charge in [-0.25, -0.2) is 0 Å². The van der Waals surface area contributed by atoms with E-state index in [9.17, 15) is 4.79 Å². The molecular weight excluding hydrogens is 288 g/mol. The molecule has 0 aliphatic heterocycles. The van der Waals surface area contributed by atoms with Crippen molar-refractivity contribution in [1.29, 1.82) is 0 Å². The van der Waals surface area contributed by atoms with Crippen LogP contribution in [0.1, 0.15) is 41.5 Å². The number of ether oxygens (including phenoxy) is 1. The van der Waals surface area contributed by atoms with Gasteiger partial charge in [-0.1, -0.05) is 42.5 Å². The average molecular weight is 310 g/mol. The molecule has 0 radical (unpaired) electrons. The van der Waals surface area contributed by atoms with Gasteiger partial charge in [-0.2, -0.15) is 0 Å². The first kappa shape index (κ1) is 15.6. The first-order valence-corrected chi connectivity index (χ1v) is 8.00. The summed E-state index contributed by atoms with van der Waals surface area (Å²) in [5, 5.41) is 9.13. The molecule has 0 bridgehead atoms. The van der Waals surface area contributed by atoms with E-state index in [1.165, 1.54) is 0 Å². The first-order chi connectivity index (χ1) is 11.0. The van der Waals surface area contributed by atoms with Crippen molar-refractivity contribution < 1.29 is 14.6 Å². The maximum atomic E-state index is 11.1. The van der Waals surface area contributed by atoms with Crippen LogP contribution in [0, 0.1) is 13.8 Å². The van der Waals surface area contributed by atoms with Crippen LogP contribution in [-0.4, -0.2) is 11.1 Å². The molecule has 0 atom stereocenters. The van der Waals surface area contributed by atoms with Crippen LogP contribution in [0.2, 0.25) is 0 Å². The highest BCUT2D eigenvalue weighted by atomic mass is 16.5. The molecule has 0 amide bonds. The standard InChI is InChI=1S/C20H22O3/c1-14-10-17(20(8-9-20)12-18(21)22)11-15(2)19(14)23-13-16-6-4-3-5-7-16/h3-7,10-11H,8-9,12-13H2,1-2H3,(H,21,22). The molecule has 1 aliphatic rings. The molecule has 1 N–H and O–H groups in total. The summed E-state index contributed by atoms with van der Waals surface area (Å²) in [7, 11) is 0. The predicted molar refractivity (Wildman–Crippen MR) is 89.9 cm³/mol. The van der Waals surface area contributed by atoms with Crippen LogP contribution in [0.4, 0.5) is 0 Å². The fourth-order valence-electron chi connectivity index (χ4n) is 3.22. The van der Waals surface area contributed by atoms with Gasteiger partial charge in [-0.15, -0.1) is 0 Å². The third-order valence-corrected chi connectivity index (χ3v) is 4.64. The Bertz CT molecular complexity index is 692. The fraction of sp³-hybridized carbons (Fsp3) is 0.350. The Kier molecular flexibility index (Phi) is 4.12. The van der Waals surface area contributed by atoms with E-state index in [4.69, 9.17) is 9.84 Å². The van der Waals surface area contributed by atoms with Crippen LogP contribution < -0.4 is 4.74 Å². The summed E-state index contributed by atoms with van der Waals surface area (Å²) >= 11 is 0. The van der Waals surface area contributed by atoms with Gasteiger partial charge in [0, 0.05) is 5.41 Å². The van der Waals surface area contributed by atoms with Crippen LogP contribution in [0.5, 0.6) is 5.75 Å². The molecule has 0 spiro atoms. The van der Waals surface area contributed by atoms with E-state index in [0.717, 1.165) is 40.8 Å². The lowest BCUT2D eigenvalue weighted by molar-refractivity contribution is -0.137. The molecular formula is C20H22O3. The van der Waals surface area contributed by atoms with Gasteiger partial charge < -0.3 is 9.84 Å². The second-order valence-corrected chi connectivity index (χ2v) is 6.56. The van der Waals surface area contributed by atoms with Crippen molar-refractivity contribution >= 4 is 5.97 Å². The molecule has 1 saturated carbocycles. The zero-order valence-electron chi connectivity index (χ0n) is 13.6. The number of carboxylic acid groups (broad SMARTS) is 1. The van der Waals surface area contributed by atoms with E-state index in [1.54, 1.807) is 0 Å². The van der Waals surface area contributed by atoms with Crippen LogP contribution in [0.15, 0.2) is 42.5 Å². The zero-order valence-corrected chi connectivity index (χ0v) is 13.6. The van der Waals surface area contributed by atoms with Crippen molar-refractivity contribution in [1.82, 2.24) is 0 Å². The molecule has 1 fully saturated rings. The number of hydrogen-bond acceptors (Lipinski definition) is 2. The zero-order chi connectivity index (χ0) is 16.4. The Morgan fingerprint density at radius 1 is 1.13 bits per heavy atom. The predicted octanol–water partition coefficient (Wildman–Crippen LogP) is 4.39. The van der Waals surface area contributed by atoms with E-state index >= 15 is 0 Å². The molecule has 2 aromatic carbocycles. The van der Waals surface area contributed by atoms with Crippen molar-refractivity contribution in [2.24, 2.45) is 0 Å². The molecule has 23 heavy (non-hydrogen) atoms. The maximum Gasteiger partial charge on any atom is 0.304 e. The first-order valence-electron chi connectivity index (χ1n) is 8.00. The number of carboxylic acids is 1. The van der Waals surface area contributed by atoms with Gasteiger partial charge in [0.2, 0.25) is 0 Å². The van der Waals surface area contributed by atoms with Gasteiger partial charge in [-0.05, 0) is 48.9 Å². The smallest absolute Gasteiger partial charge is 0.304 e. The minimum absolute atomic E-state index is 0.153. The lowest BCUT2D eigenvalue weighted by Crippen LogP contribution is -2.13. The van der Waals surface area contributed by atoms with Gasteiger partial charge in [0.05, 0.1) is 6.42 Å². The molecule has 0 heterocycles. The van der Waals surface area contributed by atoms with Crippen LogP contribution in [-0.2, 0) is 16.8 Å². The van der Waals surface area contributed by atoms with E-state index < -0.39 is 5.97 Å². The number of hydrogen-bond donors (Lipinski definition) is 1.